The summed E-state index contributed by atoms with van der Waals surface area (Å²) < 4.78 is 70.0. The zero-order valence-corrected chi connectivity index (χ0v) is 26.8. The van der Waals surface area contributed by atoms with Crippen LogP contribution in [0.5, 0.6) is 0 Å². The summed E-state index contributed by atoms with van der Waals surface area (Å²) in [6, 6.07) is 2.80. The van der Waals surface area contributed by atoms with Crippen LogP contribution in [0.15, 0.2) is 30.6 Å². The number of nitrogens with zero attached hydrogens (tertiary/aromatic N) is 6. The topological polar surface area (TPSA) is 155 Å². The molecule has 1 aromatic carbocycles. The van der Waals surface area contributed by atoms with Gasteiger partial charge in [-0.3, -0.25) is 23.9 Å². The zero-order valence-electron chi connectivity index (χ0n) is 26.0. The van der Waals surface area contributed by atoms with Crippen molar-refractivity contribution in [3.63, 3.8) is 0 Å². The van der Waals surface area contributed by atoms with Gasteiger partial charge in [-0.15, -0.1) is 0 Å². The number of rotatable bonds is 6. The third-order valence-corrected chi connectivity index (χ3v) is 8.92. The minimum Gasteiger partial charge on any atom is -0.483 e. The van der Waals surface area contributed by atoms with E-state index in [-0.39, 0.29) is 52.0 Å². The second kappa shape index (κ2) is 14.1. The maximum absolute atomic E-state index is 13.7. The van der Waals surface area contributed by atoms with Crippen LogP contribution in [0.4, 0.5) is 27.6 Å². The van der Waals surface area contributed by atoms with Gasteiger partial charge < -0.3 is 30.1 Å². The highest BCUT2D eigenvalue weighted by Gasteiger charge is 2.59. The first-order chi connectivity index (χ1) is 23.2. The molecule has 49 heavy (non-hydrogen) atoms. The molecule has 0 radical (unpaired) electrons. The number of nitrogens with one attached hydrogen (secondary N) is 2. The molecule has 1 unspecified atom stereocenters. The number of carbonyl (C=O) groups excluding carboxylic acids is 3. The number of anilines is 1. The summed E-state index contributed by atoms with van der Waals surface area (Å²) in [7, 11) is 1.31. The van der Waals surface area contributed by atoms with Crippen molar-refractivity contribution in [2.75, 3.05) is 44.6 Å². The summed E-state index contributed by atoms with van der Waals surface area (Å²) in [6.45, 7) is 2.92. The van der Waals surface area contributed by atoms with Crippen molar-refractivity contribution in [1.29, 1.82) is 0 Å². The number of alkyl halides is 5. The van der Waals surface area contributed by atoms with E-state index in [0.717, 1.165) is 42.9 Å². The molecule has 13 nitrogen and oxygen atoms in total. The lowest BCUT2D eigenvalue weighted by Crippen LogP contribution is -2.52. The number of imidazole rings is 1. The predicted octanol–water partition coefficient (Wildman–Crippen LogP) is 3.77. The molecule has 3 N–H and O–H groups in total. The fraction of sp³-hybridized carbons (Fsp3) is 0.467. The number of benzene rings is 1. The normalized spacial score (nSPS) is 19.1. The minimum absolute atomic E-state index is 0.00222. The van der Waals surface area contributed by atoms with Crippen molar-refractivity contribution in [2.45, 2.75) is 37.4 Å². The largest absolute Gasteiger partial charge is 0.483 e. The Morgan fingerprint density at radius 2 is 1.71 bits per heavy atom. The Labute approximate surface area is 281 Å². The van der Waals surface area contributed by atoms with Gasteiger partial charge >= 0.3 is 6.18 Å². The Balaban J connectivity index is 0.00000151. The Morgan fingerprint density at radius 3 is 2.29 bits per heavy atom. The number of hydrogen-bond acceptors (Lipinski definition) is 7. The monoisotopic (exact) mass is 714 g/mol. The SMILES string of the molecule is Cn1c(-c2cn(C3CC3(F)F)nc2C(F)(F)F)cnc1C(=O)Nc1ccc(C(=O)N2CCN(C(=O)C3CCNCC3)CC2)c(Cl)c1.O=CO. The zero-order chi connectivity index (χ0) is 35.7. The van der Waals surface area contributed by atoms with Crippen LogP contribution >= 0.6 is 11.6 Å². The molecule has 6 rings (SSSR count). The van der Waals surface area contributed by atoms with Crippen molar-refractivity contribution in [1.82, 2.24) is 34.4 Å². The van der Waals surface area contributed by atoms with E-state index < -0.39 is 41.7 Å². The number of halogens is 6. The maximum Gasteiger partial charge on any atom is 0.435 e. The third kappa shape index (κ3) is 7.69. The van der Waals surface area contributed by atoms with E-state index in [1.54, 1.807) is 9.80 Å². The second-order valence-electron chi connectivity index (χ2n) is 11.8. The van der Waals surface area contributed by atoms with E-state index >= 15 is 0 Å². The molecule has 1 saturated carbocycles. The van der Waals surface area contributed by atoms with E-state index in [0.29, 0.717) is 30.9 Å². The summed E-state index contributed by atoms with van der Waals surface area (Å²) >= 11 is 6.42. The molecule has 3 aromatic rings. The summed E-state index contributed by atoms with van der Waals surface area (Å²) in [5.41, 5.74) is -1.61. The Kier molecular flexibility index (Phi) is 10.3. The van der Waals surface area contributed by atoms with Crippen molar-refractivity contribution in [3.8, 4) is 11.3 Å². The number of piperazine rings is 1. The number of carboxylic acid groups (broad SMARTS) is 1. The van der Waals surface area contributed by atoms with Gasteiger partial charge in [0.15, 0.2) is 11.5 Å². The third-order valence-electron chi connectivity index (χ3n) is 8.60. The second-order valence-corrected chi connectivity index (χ2v) is 12.2. The smallest absolute Gasteiger partial charge is 0.435 e. The van der Waals surface area contributed by atoms with Gasteiger partial charge in [0, 0.05) is 57.4 Å². The molecule has 19 heteroatoms. The standard InChI is InChI=1S/C29H30ClF5N8O3.CH2O2/c1-40-21(19-15-43(22-13-28(22,31)32)39-23(19)29(33,34)35)14-37-24(40)25(44)38-17-2-3-18(20(30)12-17)27(46)42-10-8-41(9-11-42)26(45)16-4-6-36-7-5-16;2-1-3/h2-3,12,14-16,22,36H,4-11,13H2,1H3,(H,38,44);1H,(H,2,3). The molecule has 0 bridgehead atoms. The molecule has 4 heterocycles. The lowest BCUT2D eigenvalue weighted by atomic mass is 9.96. The Bertz CT molecular complexity index is 1730. The van der Waals surface area contributed by atoms with Gasteiger partial charge in [0.1, 0.15) is 6.04 Å². The predicted molar refractivity (Wildman–Crippen MR) is 164 cm³/mol. The number of aromatic nitrogens is 4. The van der Waals surface area contributed by atoms with Crippen molar-refractivity contribution in [3.05, 3.63) is 52.7 Å². The number of piperidine rings is 1. The maximum atomic E-state index is 13.7. The van der Waals surface area contributed by atoms with Crippen LogP contribution in [0, 0.1) is 5.92 Å². The average Bonchev–Trinajstić information content (AvgIpc) is 3.35. The highest BCUT2D eigenvalue weighted by atomic mass is 35.5. The van der Waals surface area contributed by atoms with Crippen LogP contribution in [0.2, 0.25) is 5.02 Å². The van der Waals surface area contributed by atoms with Crippen LogP contribution in [-0.4, -0.2) is 104 Å². The van der Waals surface area contributed by atoms with E-state index in [2.05, 4.69) is 20.7 Å². The average molecular weight is 715 g/mol. The van der Waals surface area contributed by atoms with Crippen molar-refractivity contribution >= 4 is 41.5 Å². The van der Waals surface area contributed by atoms with Crippen molar-refractivity contribution in [2.24, 2.45) is 13.0 Å². The number of carbonyl (C=O) groups is 4. The molecule has 2 aromatic heterocycles. The van der Waals surface area contributed by atoms with Gasteiger partial charge in [0.25, 0.3) is 24.2 Å². The van der Waals surface area contributed by atoms with Gasteiger partial charge in [0.2, 0.25) is 5.91 Å². The molecular weight excluding hydrogens is 683 g/mol. The molecule has 264 valence electrons. The van der Waals surface area contributed by atoms with E-state index in [9.17, 15) is 36.3 Å². The number of hydrogen-bond donors (Lipinski definition) is 3. The van der Waals surface area contributed by atoms with Crippen LogP contribution in [0.25, 0.3) is 11.3 Å². The first kappa shape index (κ1) is 35.7. The van der Waals surface area contributed by atoms with Gasteiger partial charge in [-0.25, -0.2) is 13.8 Å². The lowest BCUT2D eigenvalue weighted by Gasteiger charge is -2.37. The van der Waals surface area contributed by atoms with Crippen LogP contribution in [0.3, 0.4) is 0 Å². The van der Waals surface area contributed by atoms with E-state index in [4.69, 9.17) is 21.5 Å². The summed E-state index contributed by atoms with van der Waals surface area (Å²) in [6.07, 6.45) is -2.04. The highest BCUT2D eigenvalue weighted by molar-refractivity contribution is 6.34. The van der Waals surface area contributed by atoms with Crippen LogP contribution < -0.4 is 10.6 Å². The fourth-order valence-corrected chi connectivity index (χ4v) is 6.15. The van der Waals surface area contributed by atoms with Gasteiger partial charge in [-0.1, -0.05) is 11.6 Å². The first-order valence-electron chi connectivity index (χ1n) is 15.2. The molecule has 1 atom stereocenters. The quantitative estimate of drug-likeness (QED) is 0.258. The minimum atomic E-state index is -4.94. The summed E-state index contributed by atoms with van der Waals surface area (Å²) in [5, 5.41) is 16.1. The Morgan fingerprint density at radius 1 is 1.10 bits per heavy atom. The van der Waals surface area contributed by atoms with Crippen molar-refractivity contribution < 1.29 is 46.2 Å². The molecule has 2 aliphatic heterocycles. The molecule has 3 fully saturated rings. The molecule has 3 amide bonds. The molecule has 2 saturated heterocycles. The summed E-state index contributed by atoms with van der Waals surface area (Å²) in [4.78, 5) is 54.8. The van der Waals surface area contributed by atoms with E-state index in [1.807, 2.05) is 0 Å². The van der Waals surface area contributed by atoms with Gasteiger partial charge in [0.05, 0.1) is 28.0 Å². The van der Waals surface area contributed by atoms with Crippen LogP contribution in [-0.2, 0) is 22.8 Å². The molecule has 1 aliphatic carbocycles. The lowest BCUT2D eigenvalue weighted by molar-refractivity contribution is -0.141. The van der Waals surface area contributed by atoms with Crippen LogP contribution in [0.1, 0.15) is 52.0 Å². The van der Waals surface area contributed by atoms with E-state index in [1.165, 1.54) is 25.2 Å². The molecular formula is C30H32ClF5N8O5. The summed E-state index contributed by atoms with van der Waals surface area (Å²) in [5.74, 6) is -4.40. The highest BCUT2D eigenvalue weighted by Crippen LogP contribution is 2.53. The first-order valence-corrected chi connectivity index (χ1v) is 15.6. The fourth-order valence-electron chi connectivity index (χ4n) is 5.89. The molecule has 0 spiro atoms. The number of amides is 3. The van der Waals surface area contributed by atoms with Gasteiger partial charge in [-0.2, -0.15) is 18.3 Å². The Hall–Kier alpha value is -4.58. The van der Waals surface area contributed by atoms with Gasteiger partial charge in [-0.05, 0) is 44.1 Å². The molecule has 3 aliphatic rings.